The van der Waals surface area contributed by atoms with Gasteiger partial charge in [-0.2, -0.15) is 0 Å². The molecule has 0 spiro atoms. The van der Waals surface area contributed by atoms with Crippen molar-refractivity contribution >= 4 is 6.08 Å². The lowest BCUT2D eigenvalue weighted by molar-refractivity contribution is 0.155. The fraction of sp³-hybridized carbons (Fsp3) is 0.562. The summed E-state index contributed by atoms with van der Waals surface area (Å²) in [6, 6.07) is 4.94. The number of aryl methyl sites for hydroxylation is 1. The second kappa shape index (κ2) is 6.83. The second-order valence-corrected chi connectivity index (χ2v) is 5.66. The molecule has 0 aromatic carbocycles. The smallest absolute Gasteiger partial charge is 0.0627 e. The van der Waals surface area contributed by atoms with Crippen molar-refractivity contribution in [2.45, 2.75) is 25.8 Å². The third-order valence-corrected chi connectivity index (χ3v) is 3.87. The van der Waals surface area contributed by atoms with Crippen LogP contribution in [0.2, 0.25) is 0 Å². The van der Waals surface area contributed by atoms with Crippen LogP contribution in [0.3, 0.4) is 0 Å². The minimum Gasteiger partial charge on any atom is -0.306 e. The van der Waals surface area contributed by atoms with Crippen LogP contribution < -0.4 is 0 Å². The maximum Gasteiger partial charge on any atom is 0.0627 e. The first-order chi connectivity index (χ1) is 9.15. The van der Waals surface area contributed by atoms with Gasteiger partial charge in [0.15, 0.2) is 0 Å². The van der Waals surface area contributed by atoms with Crippen molar-refractivity contribution in [3.8, 4) is 0 Å². The van der Waals surface area contributed by atoms with E-state index in [0.29, 0.717) is 0 Å². The Kier molecular flexibility index (Phi) is 5.11. The van der Waals surface area contributed by atoms with E-state index in [2.05, 4.69) is 60.1 Å². The predicted octanol–water partition coefficient (Wildman–Crippen LogP) is 2.43. The molecule has 0 unspecified atom stereocenters. The van der Waals surface area contributed by atoms with Crippen LogP contribution in [0.15, 0.2) is 24.4 Å². The number of rotatable bonds is 4. The van der Waals surface area contributed by atoms with Gasteiger partial charge in [0.25, 0.3) is 0 Å². The van der Waals surface area contributed by atoms with Crippen LogP contribution in [0, 0.1) is 6.92 Å². The van der Waals surface area contributed by atoms with Gasteiger partial charge in [-0.25, -0.2) is 0 Å². The highest BCUT2D eigenvalue weighted by Gasteiger charge is 2.19. The molecule has 2 heterocycles. The van der Waals surface area contributed by atoms with E-state index in [4.69, 9.17) is 0 Å². The Bertz CT molecular complexity index is 401. The van der Waals surface area contributed by atoms with Crippen LogP contribution in [-0.4, -0.2) is 54.6 Å². The lowest BCUT2D eigenvalue weighted by Gasteiger charge is -2.34. The minimum atomic E-state index is 0.763. The Morgan fingerprint density at radius 3 is 2.63 bits per heavy atom. The van der Waals surface area contributed by atoms with Gasteiger partial charge in [-0.05, 0) is 64.7 Å². The minimum absolute atomic E-state index is 0.763. The summed E-state index contributed by atoms with van der Waals surface area (Å²) in [5.41, 5.74) is 2.26. The first-order valence-electron chi connectivity index (χ1n) is 7.13. The first kappa shape index (κ1) is 14.2. The molecule has 0 radical (unpaired) electrons. The molecule has 0 aliphatic carbocycles. The van der Waals surface area contributed by atoms with Gasteiger partial charge in [0.1, 0.15) is 0 Å². The first-order valence-corrected chi connectivity index (χ1v) is 7.13. The third-order valence-electron chi connectivity index (χ3n) is 3.87. The molecule has 0 atom stereocenters. The molecule has 104 valence electrons. The molecule has 0 N–H and O–H groups in total. The average molecular weight is 259 g/mol. The van der Waals surface area contributed by atoms with Crippen molar-refractivity contribution in [2.24, 2.45) is 0 Å². The maximum atomic E-state index is 4.38. The summed E-state index contributed by atoms with van der Waals surface area (Å²) in [7, 11) is 4.37. The molecule has 1 saturated heterocycles. The Morgan fingerprint density at radius 2 is 2.05 bits per heavy atom. The van der Waals surface area contributed by atoms with Gasteiger partial charge >= 0.3 is 0 Å². The van der Waals surface area contributed by atoms with Crippen LogP contribution >= 0.6 is 0 Å². The topological polar surface area (TPSA) is 19.4 Å². The molecular formula is C16H25N3. The zero-order chi connectivity index (χ0) is 13.7. The molecule has 0 bridgehead atoms. The summed E-state index contributed by atoms with van der Waals surface area (Å²) in [5, 5.41) is 0. The average Bonchev–Trinajstić information content (AvgIpc) is 2.41. The van der Waals surface area contributed by atoms with E-state index < -0.39 is 0 Å². The van der Waals surface area contributed by atoms with Crippen LogP contribution in [0.5, 0.6) is 0 Å². The molecule has 0 saturated carbocycles. The standard InChI is InChI=1S/C16H25N3/c1-14-6-7-15(17-13-14)5-4-10-19-11-8-16(9-12-19)18(2)3/h4-7,13,16H,8-12H2,1-3H3/b5-4+. The maximum absolute atomic E-state index is 4.38. The molecular weight excluding hydrogens is 234 g/mol. The van der Waals surface area contributed by atoms with Crippen LogP contribution in [0.1, 0.15) is 24.1 Å². The van der Waals surface area contributed by atoms with Gasteiger partial charge in [-0.3, -0.25) is 9.88 Å². The van der Waals surface area contributed by atoms with Crippen molar-refractivity contribution < 1.29 is 0 Å². The van der Waals surface area contributed by atoms with Crippen molar-refractivity contribution in [1.29, 1.82) is 0 Å². The summed E-state index contributed by atoms with van der Waals surface area (Å²) >= 11 is 0. The third kappa shape index (κ3) is 4.44. The van der Waals surface area contributed by atoms with E-state index in [1.807, 2.05) is 6.20 Å². The quantitative estimate of drug-likeness (QED) is 0.828. The second-order valence-electron chi connectivity index (χ2n) is 5.66. The van der Waals surface area contributed by atoms with E-state index in [-0.39, 0.29) is 0 Å². The number of likely N-dealkylation sites (tertiary alicyclic amines) is 1. The molecule has 2 rings (SSSR count). The summed E-state index contributed by atoms with van der Waals surface area (Å²) in [6.07, 6.45) is 8.83. The summed E-state index contributed by atoms with van der Waals surface area (Å²) < 4.78 is 0. The van der Waals surface area contributed by atoms with E-state index >= 15 is 0 Å². The molecule has 3 heteroatoms. The Balaban J connectivity index is 1.76. The number of hydrogen-bond acceptors (Lipinski definition) is 3. The monoisotopic (exact) mass is 259 g/mol. The fourth-order valence-electron chi connectivity index (χ4n) is 2.52. The Morgan fingerprint density at radius 1 is 1.32 bits per heavy atom. The highest BCUT2D eigenvalue weighted by Crippen LogP contribution is 2.14. The predicted molar refractivity (Wildman–Crippen MR) is 81.2 cm³/mol. The van der Waals surface area contributed by atoms with Crippen molar-refractivity contribution in [1.82, 2.24) is 14.8 Å². The molecule has 1 aromatic rings. The molecule has 0 amide bonds. The largest absolute Gasteiger partial charge is 0.306 e. The van der Waals surface area contributed by atoms with Gasteiger partial charge in [0, 0.05) is 18.8 Å². The van der Waals surface area contributed by atoms with E-state index in [1.54, 1.807) is 0 Å². The van der Waals surface area contributed by atoms with Gasteiger partial charge in [0.2, 0.25) is 0 Å². The molecule has 3 nitrogen and oxygen atoms in total. The van der Waals surface area contributed by atoms with E-state index in [0.717, 1.165) is 18.3 Å². The van der Waals surface area contributed by atoms with E-state index in [1.165, 1.54) is 31.5 Å². The lowest BCUT2D eigenvalue weighted by atomic mass is 10.0. The van der Waals surface area contributed by atoms with E-state index in [9.17, 15) is 0 Å². The molecule has 19 heavy (non-hydrogen) atoms. The fourth-order valence-corrected chi connectivity index (χ4v) is 2.52. The molecule has 1 aromatic heterocycles. The van der Waals surface area contributed by atoms with Crippen molar-refractivity contribution in [3.63, 3.8) is 0 Å². The number of aromatic nitrogens is 1. The summed E-state index contributed by atoms with van der Waals surface area (Å²) in [5.74, 6) is 0. The van der Waals surface area contributed by atoms with Crippen LogP contribution in [0.4, 0.5) is 0 Å². The Hall–Kier alpha value is -1.19. The number of hydrogen-bond donors (Lipinski definition) is 0. The van der Waals surface area contributed by atoms with Gasteiger partial charge in [0.05, 0.1) is 5.69 Å². The van der Waals surface area contributed by atoms with Gasteiger partial charge in [-0.1, -0.05) is 12.1 Å². The number of nitrogens with zero attached hydrogens (tertiary/aromatic N) is 3. The zero-order valence-corrected chi connectivity index (χ0v) is 12.3. The molecule has 1 aliphatic heterocycles. The van der Waals surface area contributed by atoms with Crippen LogP contribution in [0.25, 0.3) is 6.08 Å². The number of pyridine rings is 1. The summed E-state index contributed by atoms with van der Waals surface area (Å²) in [6.45, 7) is 5.51. The molecule has 1 aliphatic rings. The summed E-state index contributed by atoms with van der Waals surface area (Å²) in [4.78, 5) is 9.25. The van der Waals surface area contributed by atoms with Gasteiger partial charge in [-0.15, -0.1) is 0 Å². The highest BCUT2D eigenvalue weighted by atomic mass is 15.2. The lowest BCUT2D eigenvalue weighted by Crippen LogP contribution is -2.41. The van der Waals surface area contributed by atoms with Crippen LogP contribution in [-0.2, 0) is 0 Å². The SMILES string of the molecule is Cc1ccc(/C=C/CN2CCC(N(C)C)CC2)nc1. The van der Waals surface area contributed by atoms with Crippen molar-refractivity contribution in [2.75, 3.05) is 33.7 Å². The zero-order valence-electron chi connectivity index (χ0n) is 12.3. The highest BCUT2D eigenvalue weighted by molar-refractivity contribution is 5.44. The number of piperidine rings is 1. The van der Waals surface area contributed by atoms with Crippen molar-refractivity contribution in [3.05, 3.63) is 35.7 Å². The Labute approximate surface area is 116 Å². The van der Waals surface area contributed by atoms with Gasteiger partial charge < -0.3 is 4.90 Å². The molecule has 1 fully saturated rings. The normalized spacial score (nSPS) is 18.5.